The Balaban J connectivity index is 1.29. The second kappa shape index (κ2) is 15.5. The number of amides is 5. The Morgan fingerprint density at radius 2 is 1.67 bits per heavy atom. The van der Waals surface area contributed by atoms with Crippen molar-refractivity contribution in [1.82, 2.24) is 35.5 Å². The van der Waals surface area contributed by atoms with Crippen LogP contribution in [0.5, 0.6) is 0 Å². The number of nitrogens with zero attached hydrogens (tertiary/aromatic N) is 4. The van der Waals surface area contributed by atoms with E-state index in [2.05, 4.69) is 31.3 Å². The molecule has 250 valence electrons. The fourth-order valence-corrected chi connectivity index (χ4v) is 6.33. The number of hydrogen-bond acceptors (Lipinski definition) is 6. The molecule has 1 aromatic carbocycles. The first-order valence-corrected chi connectivity index (χ1v) is 16.7. The van der Waals surface area contributed by atoms with Crippen molar-refractivity contribution in [2.24, 2.45) is 5.92 Å². The number of urea groups is 1. The van der Waals surface area contributed by atoms with Crippen LogP contribution in [0, 0.1) is 11.7 Å². The zero-order valence-electron chi connectivity index (χ0n) is 26.9. The van der Waals surface area contributed by atoms with E-state index < -0.39 is 35.7 Å². The van der Waals surface area contributed by atoms with Gasteiger partial charge in [-0.05, 0) is 69.3 Å². The Hall–Kier alpha value is -4.00. The summed E-state index contributed by atoms with van der Waals surface area (Å²) in [5.41, 5.74) is 0.863. The van der Waals surface area contributed by atoms with Crippen molar-refractivity contribution in [2.45, 2.75) is 89.4 Å². The van der Waals surface area contributed by atoms with Gasteiger partial charge in [-0.3, -0.25) is 19.1 Å². The Kier molecular flexibility index (Phi) is 11.3. The van der Waals surface area contributed by atoms with Crippen LogP contribution in [0.2, 0.25) is 0 Å². The van der Waals surface area contributed by atoms with Crippen LogP contribution >= 0.6 is 0 Å². The summed E-state index contributed by atoms with van der Waals surface area (Å²) in [6, 6.07) is 4.04. The van der Waals surface area contributed by atoms with Crippen LogP contribution in [0.1, 0.15) is 74.3 Å². The summed E-state index contributed by atoms with van der Waals surface area (Å²) in [6.45, 7) is 4.97. The van der Waals surface area contributed by atoms with Crippen molar-refractivity contribution in [2.75, 3.05) is 38.5 Å². The summed E-state index contributed by atoms with van der Waals surface area (Å²) in [5, 5.41) is 15.5. The number of carbonyl (C=O) groups is 4. The number of likely N-dealkylation sites (N-methyl/N-ethyl adjacent to an activating group) is 1. The number of benzene rings is 1. The summed E-state index contributed by atoms with van der Waals surface area (Å²) < 4.78 is 17.1. The molecule has 3 aliphatic rings. The van der Waals surface area contributed by atoms with Crippen molar-refractivity contribution in [3.05, 3.63) is 47.5 Å². The number of hydrogen-bond donors (Lipinski definition) is 4. The van der Waals surface area contributed by atoms with E-state index in [0.29, 0.717) is 30.9 Å². The quantitative estimate of drug-likeness (QED) is 0.279. The maximum absolute atomic E-state index is 15.5. The van der Waals surface area contributed by atoms with Crippen LogP contribution in [-0.4, -0.2) is 94.7 Å². The molecular formula is C33H47FN8O4. The van der Waals surface area contributed by atoms with Crippen LogP contribution < -0.4 is 21.3 Å². The topological polar surface area (TPSA) is 141 Å². The van der Waals surface area contributed by atoms with Gasteiger partial charge in [-0.15, -0.1) is 0 Å². The van der Waals surface area contributed by atoms with Gasteiger partial charge in [0.15, 0.2) is 0 Å². The number of rotatable bonds is 11. The maximum atomic E-state index is 15.5. The van der Waals surface area contributed by atoms with E-state index in [4.69, 9.17) is 0 Å². The molecule has 2 aromatic rings. The SMILES string of the molecule is CCn1nccc1C(=O)N[C@H](C(=O)Nc1ccc(C[C@@H](NC(=O)NC2CC2)C(=O)N2CCN(C)CC2)cc1F)C1CCCCCC1. The third kappa shape index (κ3) is 8.83. The van der Waals surface area contributed by atoms with Crippen molar-refractivity contribution in [1.29, 1.82) is 0 Å². The van der Waals surface area contributed by atoms with E-state index in [1.165, 1.54) is 12.1 Å². The minimum absolute atomic E-state index is 0.0124. The number of piperazine rings is 1. The Labute approximate surface area is 269 Å². The van der Waals surface area contributed by atoms with Gasteiger partial charge in [0, 0.05) is 51.4 Å². The molecular weight excluding hydrogens is 591 g/mol. The third-order valence-electron chi connectivity index (χ3n) is 9.25. The molecule has 2 aliphatic carbocycles. The average molecular weight is 639 g/mol. The highest BCUT2D eigenvalue weighted by molar-refractivity contribution is 6.00. The largest absolute Gasteiger partial charge is 0.339 e. The highest BCUT2D eigenvalue weighted by Crippen LogP contribution is 2.27. The van der Waals surface area contributed by atoms with Crippen LogP contribution in [0.25, 0.3) is 0 Å². The molecule has 1 saturated heterocycles. The van der Waals surface area contributed by atoms with Crippen LogP contribution in [0.3, 0.4) is 0 Å². The first-order chi connectivity index (χ1) is 22.2. The molecule has 0 unspecified atom stereocenters. The summed E-state index contributed by atoms with van der Waals surface area (Å²) >= 11 is 0. The smallest absolute Gasteiger partial charge is 0.315 e. The molecule has 0 bridgehead atoms. The molecule has 0 spiro atoms. The lowest BCUT2D eigenvalue weighted by atomic mass is 9.91. The van der Waals surface area contributed by atoms with Gasteiger partial charge in [-0.1, -0.05) is 31.7 Å². The van der Waals surface area contributed by atoms with Crippen LogP contribution in [0.15, 0.2) is 30.5 Å². The van der Waals surface area contributed by atoms with Gasteiger partial charge in [0.2, 0.25) is 11.8 Å². The fraction of sp³-hybridized carbons (Fsp3) is 0.606. The minimum atomic E-state index is -0.867. The Morgan fingerprint density at radius 3 is 2.33 bits per heavy atom. The molecule has 2 atom stereocenters. The van der Waals surface area contributed by atoms with Gasteiger partial charge in [0.05, 0.1) is 5.69 Å². The second-order valence-corrected chi connectivity index (χ2v) is 12.8. The minimum Gasteiger partial charge on any atom is -0.339 e. The van der Waals surface area contributed by atoms with Gasteiger partial charge in [-0.25, -0.2) is 9.18 Å². The number of nitrogens with one attached hydrogen (secondary N) is 4. The normalized spacial score (nSPS) is 19.1. The molecule has 46 heavy (non-hydrogen) atoms. The third-order valence-corrected chi connectivity index (χ3v) is 9.25. The van der Waals surface area contributed by atoms with Crippen LogP contribution in [-0.2, 0) is 22.6 Å². The zero-order valence-corrected chi connectivity index (χ0v) is 26.9. The number of halogens is 1. The van der Waals surface area contributed by atoms with E-state index >= 15 is 4.39 Å². The van der Waals surface area contributed by atoms with E-state index in [1.807, 2.05) is 14.0 Å². The lowest BCUT2D eigenvalue weighted by Gasteiger charge is -2.34. The molecule has 5 amide bonds. The molecule has 1 aliphatic heterocycles. The van der Waals surface area contributed by atoms with Gasteiger partial charge in [0.25, 0.3) is 5.91 Å². The van der Waals surface area contributed by atoms with Gasteiger partial charge < -0.3 is 31.1 Å². The zero-order chi connectivity index (χ0) is 32.6. The summed E-state index contributed by atoms with van der Waals surface area (Å²) in [7, 11) is 2.00. The lowest BCUT2D eigenvalue weighted by molar-refractivity contribution is -0.134. The molecule has 0 radical (unpaired) electrons. The van der Waals surface area contributed by atoms with E-state index in [9.17, 15) is 19.2 Å². The predicted molar refractivity (Wildman–Crippen MR) is 172 cm³/mol. The Bertz CT molecular complexity index is 1380. The Morgan fingerprint density at radius 1 is 0.957 bits per heavy atom. The highest BCUT2D eigenvalue weighted by Gasteiger charge is 2.33. The molecule has 12 nitrogen and oxygen atoms in total. The van der Waals surface area contributed by atoms with Crippen molar-refractivity contribution >= 4 is 29.4 Å². The van der Waals surface area contributed by atoms with Crippen LogP contribution in [0.4, 0.5) is 14.9 Å². The molecule has 5 rings (SSSR count). The first-order valence-electron chi connectivity index (χ1n) is 16.7. The van der Waals surface area contributed by atoms with E-state index in [-0.39, 0.29) is 30.0 Å². The second-order valence-electron chi connectivity index (χ2n) is 12.8. The van der Waals surface area contributed by atoms with E-state index in [1.54, 1.807) is 27.9 Å². The number of aromatic nitrogens is 2. The molecule has 1 aromatic heterocycles. The average Bonchev–Trinajstić information content (AvgIpc) is 3.79. The standard InChI is InChI=1S/C33H47FN8O4/c1-3-42-28(14-15-35-42)30(43)39-29(23-8-6-4-5-7-9-23)31(44)37-26-13-10-22(20-25(26)34)21-27(38-33(46)36-24-11-12-24)32(45)41-18-16-40(2)17-19-41/h10,13-15,20,23-24,27,29H,3-9,11-12,16-19,21H2,1-2H3,(H,37,44)(H,39,43)(H2,36,38,46)/t27-,29+/m1/s1. The van der Waals surface area contributed by atoms with Crippen molar-refractivity contribution in [3.63, 3.8) is 0 Å². The van der Waals surface area contributed by atoms with Crippen molar-refractivity contribution < 1.29 is 23.6 Å². The highest BCUT2D eigenvalue weighted by atomic mass is 19.1. The number of anilines is 1. The number of carbonyl (C=O) groups excluding carboxylic acids is 4. The first kappa shape index (κ1) is 33.4. The van der Waals surface area contributed by atoms with Gasteiger partial charge in [0.1, 0.15) is 23.6 Å². The summed E-state index contributed by atoms with van der Waals surface area (Å²) in [4.78, 5) is 56.9. The number of aryl methyl sites for hydroxylation is 1. The lowest BCUT2D eigenvalue weighted by Crippen LogP contribution is -2.56. The monoisotopic (exact) mass is 638 g/mol. The van der Waals surface area contributed by atoms with Crippen molar-refractivity contribution in [3.8, 4) is 0 Å². The molecule has 3 fully saturated rings. The molecule has 2 heterocycles. The summed E-state index contributed by atoms with van der Waals surface area (Å²) in [5.74, 6) is -1.82. The molecule has 13 heteroatoms. The van der Waals surface area contributed by atoms with E-state index in [0.717, 1.165) is 64.5 Å². The van der Waals surface area contributed by atoms with Gasteiger partial charge >= 0.3 is 6.03 Å². The predicted octanol–water partition coefficient (Wildman–Crippen LogP) is 2.90. The van der Waals surface area contributed by atoms with Gasteiger partial charge in [-0.2, -0.15) is 5.10 Å². The molecule has 2 saturated carbocycles. The fourth-order valence-electron chi connectivity index (χ4n) is 6.33. The summed E-state index contributed by atoms with van der Waals surface area (Å²) in [6.07, 6.45) is 9.12. The molecule has 4 N–H and O–H groups in total. The maximum Gasteiger partial charge on any atom is 0.315 e.